The van der Waals surface area contributed by atoms with Gasteiger partial charge in [0.25, 0.3) is 6.23 Å². The van der Waals surface area contributed by atoms with Crippen LogP contribution >= 0.6 is 11.6 Å². The molecule has 1 aromatic carbocycles. The van der Waals surface area contributed by atoms with Gasteiger partial charge in [0.05, 0.1) is 0 Å². The highest BCUT2D eigenvalue weighted by Crippen LogP contribution is 2.30. The van der Waals surface area contributed by atoms with Crippen LogP contribution in [0.15, 0.2) is 39.9 Å². The second-order valence-electron chi connectivity index (χ2n) is 5.48. The van der Waals surface area contributed by atoms with Crippen molar-refractivity contribution in [3.8, 4) is 5.75 Å². The number of ether oxygens (including phenoxy) is 2. The van der Waals surface area contributed by atoms with Crippen LogP contribution in [0, 0.1) is 13.8 Å². The monoisotopic (exact) mass is 348 g/mol. The van der Waals surface area contributed by atoms with E-state index in [1.165, 1.54) is 11.9 Å². The summed E-state index contributed by atoms with van der Waals surface area (Å²) < 4.78 is 16.9. The third kappa shape index (κ3) is 3.38. The lowest BCUT2D eigenvalue weighted by atomic mass is 10.2. The Morgan fingerprint density at radius 1 is 1.33 bits per heavy atom. The van der Waals surface area contributed by atoms with E-state index in [4.69, 9.17) is 25.5 Å². The van der Waals surface area contributed by atoms with Gasteiger partial charge in [0.15, 0.2) is 12.4 Å². The van der Waals surface area contributed by atoms with E-state index >= 15 is 0 Å². The van der Waals surface area contributed by atoms with Crippen LogP contribution in [0.2, 0.25) is 5.02 Å². The number of halogens is 1. The predicted octanol–water partition coefficient (Wildman–Crippen LogP) is 3.82. The molecule has 0 N–H and O–H groups in total. The molecule has 0 spiro atoms. The van der Waals surface area contributed by atoms with Gasteiger partial charge >= 0.3 is 0 Å². The number of hydrogen-bond donors (Lipinski definition) is 0. The van der Waals surface area contributed by atoms with Crippen molar-refractivity contribution in [3.63, 3.8) is 0 Å². The molecule has 6 nitrogen and oxygen atoms in total. The fourth-order valence-corrected chi connectivity index (χ4v) is 2.41. The first kappa shape index (κ1) is 16.4. The molecule has 0 aliphatic carbocycles. The zero-order valence-electron chi connectivity index (χ0n) is 13.6. The second kappa shape index (κ2) is 6.57. The molecule has 1 amide bonds. The number of benzene rings is 1. The molecule has 7 heteroatoms. The molecule has 0 saturated carbocycles. The zero-order chi connectivity index (χ0) is 17.3. The van der Waals surface area contributed by atoms with Gasteiger partial charge < -0.3 is 13.9 Å². The van der Waals surface area contributed by atoms with E-state index < -0.39 is 6.23 Å². The van der Waals surface area contributed by atoms with Crippen molar-refractivity contribution in [1.82, 2.24) is 5.01 Å². The Hall–Kier alpha value is -2.47. The van der Waals surface area contributed by atoms with Gasteiger partial charge in [-0.25, -0.2) is 0 Å². The van der Waals surface area contributed by atoms with Crippen LogP contribution in [0.3, 0.4) is 0 Å². The van der Waals surface area contributed by atoms with Gasteiger partial charge in [-0.2, -0.15) is 5.01 Å². The van der Waals surface area contributed by atoms with Crippen LogP contribution in [0.5, 0.6) is 5.75 Å². The summed E-state index contributed by atoms with van der Waals surface area (Å²) in [6.45, 7) is 5.24. The summed E-state index contributed by atoms with van der Waals surface area (Å²) in [6.07, 6.45) is -0.707. The van der Waals surface area contributed by atoms with Gasteiger partial charge in [0.2, 0.25) is 11.8 Å². The summed E-state index contributed by atoms with van der Waals surface area (Å²) in [5, 5.41) is 6.09. The molecular formula is C17H17ClN2O4. The first-order valence-electron chi connectivity index (χ1n) is 7.43. The summed E-state index contributed by atoms with van der Waals surface area (Å²) in [5.41, 5.74) is 0.915. The quantitative estimate of drug-likeness (QED) is 0.842. The molecule has 0 unspecified atom stereocenters. The molecule has 1 aromatic heterocycles. The van der Waals surface area contributed by atoms with E-state index in [0.717, 1.165) is 11.3 Å². The second-order valence-corrected chi connectivity index (χ2v) is 5.88. The largest absolute Gasteiger partial charge is 0.484 e. The summed E-state index contributed by atoms with van der Waals surface area (Å²) in [7, 11) is 0. The van der Waals surface area contributed by atoms with Crippen LogP contribution in [0.25, 0.3) is 0 Å². The van der Waals surface area contributed by atoms with E-state index in [2.05, 4.69) is 5.10 Å². The van der Waals surface area contributed by atoms with E-state index in [1.54, 1.807) is 18.2 Å². The summed E-state index contributed by atoms with van der Waals surface area (Å²) >= 11 is 5.99. The van der Waals surface area contributed by atoms with Gasteiger partial charge in [-0.15, -0.1) is 5.10 Å². The third-order valence-corrected chi connectivity index (χ3v) is 3.93. The normalized spacial score (nSPS) is 16.8. The van der Waals surface area contributed by atoms with Crippen molar-refractivity contribution < 1.29 is 18.7 Å². The van der Waals surface area contributed by atoms with Crippen LogP contribution in [-0.2, 0) is 9.53 Å². The van der Waals surface area contributed by atoms with Crippen molar-refractivity contribution in [2.24, 2.45) is 5.10 Å². The van der Waals surface area contributed by atoms with Crippen molar-refractivity contribution in [2.75, 3.05) is 6.61 Å². The van der Waals surface area contributed by atoms with Gasteiger partial charge in [-0.05, 0) is 49.7 Å². The highest BCUT2D eigenvalue weighted by atomic mass is 35.5. The number of carbonyl (C=O) groups excluding carboxylic acids is 1. The molecule has 126 valence electrons. The Kier molecular flexibility index (Phi) is 4.49. The highest BCUT2D eigenvalue weighted by molar-refractivity contribution is 6.31. The SMILES string of the molecule is CC(=O)N1N=C(COc2ccc(Cl)c(C)c2)O[C@H]1c1ccc(C)o1. The maximum Gasteiger partial charge on any atom is 0.254 e. The van der Waals surface area contributed by atoms with E-state index in [0.29, 0.717) is 22.4 Å². The lowest BCUT2D eigenvalue weighted by Gasteiger charge is -2.16. The molecule has 1 atom stereocenters. The van der Waals surface area contributed by atoms with Gasteiger partial charge in [-0.3, -0.25) is 4.79 Å². The van der Waals surface area contributed by atoms with Gasteiger partial charge in [0, 0.05) is 11.9 Å². The lowest BCUT2D eigenvalue weighted by Crippen LogP contribution is -2.24. The molecule has 0 bridgehead atoms. The van der Waals surface area contributed by atoms with Crippen molar-refractivity contribution >= 4 is 23.4 Å². The molecular weight excluding hydrogens is 332 g/mol. The fraction of sp³-hybridized carbons (Fsp3) is 0.294. The fourth-order valence-electron chi connectivity index (χ4n) is 2.29. The minimum atomic E-state index is -0.707. The highest BCUT2D eigenvalue weighted by Gasteiger charge is 2.34. The number of carbonyl (C=O) groups is 1. The molecule has 0 saturated heterocycles. The van der Waals surface area contributed by atoms with Crippen LogP contribution in [0.4, 0.5) is 0 Å². The standard InChI is InChI=1S/C17H17ClN2O4/c1-10-8-13(5-6-14(10)18)22-9-16-19-20(12(3)21)17(24-16)15-7-4-11(2)23-15/h4-8,17H,9H2,1-3H3/t17-/m0/s1. The molecule has 1 aliphatic rings. The first-order chi connectivity index (χ1) is 11.4. The Balaban J connectivity index is 1.71. The zero-order valence-corrected chi connectivity index (χ0v) is 14.3. The Labute approximate surface area is 144 Å². The molecule has 3 rings (SSSR count). The molecule has 2 aromatic rings. The molecule has 0 fully saturated rings. The average Bonchev–Trinajstić information content (AvgIpc) is 3.14. The topological polar surface area (TPSA) is 64.3 Å². The van der Waals surface area contributed by atoms with Crippen LogP contribution < -0.4 is 4.74 Å². The number of hydrazone groups is 1. The Morgan fingerprint density at radius 2 is 2.12 bits per heavy atom. The number of rotatable bonds is 4. The lowest BCUT2D eigenvalue weighted by molar-refractivity contribution is -0.136. The molecule has 0 radical (unpaired) electrons. The van der Waals surface area contributed by atoms with Crippen LogP contribution in [-0.4, -0.2) is 23.4 Å². The smallest absolute Gasteiger partial charge is 0.254 e. The third-order valence-electron chi connectivity index (χ3n) is 3.51. The number of nitrogens with zero attached hydrogens (tertiary/aromatic N) is 2. The molecule has 1 aliphatic heterocycles. The van der Waals surface area contributed by atoms with Crippen molar-refractivity contribution in [3.05, 3.63) is 52.4 Å². The van der Waals surface area contributed by atoms with Crippen LogP contribution in [0.1, 0.15) is 30.2 Å². The van der Waals surface area contributed by atoms with E-state index in [9.17, 15) is 4.79 Å². The van der Waals surface area contributed by atoms with Gasteiger partial charge in [0.1, 0.15) is 11.5 Å². The summed E-state index contributed by atoms with van der Waals surface area (Å²) in [5.74, 6) is 1.96. The number of hydrogen-bond acceptors (Lipinski definition) is 5. The van der Waals surface area contributed by atoms with Crippen molar-refractivity contribution in [2.45, 2.75) is 27.0 Å². The number of furan rings is 1. The predicted molar refractivity (Wildman–Crippen MR) is 88.9 cm³/mol. The Morgan fingerprint density at radius 3 is 2.75 bits per heavy atom. The summed E-state index contributed by atoms with van der Waals surface area (Å²) in [6, 6.07) is 8.93. The molecule has 2 heterocycles. The van der Waals surface area contributed by atoms with Crippen molar-refractivity contribution in [1.29, 1.82) is 0 Å². The summed E-state index contributed by atoms with van der Waals surface area (Å²) in [4.78, 5) is 11.8. The number of aryl methyl sites for hydroxylation is 2. The maximum absolute atomic E-state index is 11.8. The first-order valence-corrected chi connectivity index (χ1v) is 7.81. The average molecular weight is 349 g/mol. The minimum absolute atomic E-state index is 0.0983. The van der Waals surface area contributed by atoms with E-state index in [-0.39, 0.29) is 12.5 Å². The van der Waals surface area contributed by atoms with E-state index in [1.807, 2.05) is 26.0 Å². The Bertz CT molecular complexity index is 800. The molecule has 24 heavy (non-hydrogen) atoms. The minimum Gasteiger partial charge on any atom is -0.484 e. The maximum atomic E-state index is 11.8. The number of amides is 1. The van der Waals surface area contributed by atoms with Gasteiger partial charge in [-0.1, -0.05) is 11.6 Å².